The minimum Gasteiger partial charge on any atom is -0.464 e. The normalized spacial score (nSPS) is 33.1. The van der Waals surface area contributed by atoms with Crippen LogP contribution in [0.5, 0.6) is 0 Å². The molecule has 1 N–H and O–H groups in total. The fourth-order valence-corrected chi connectivity index (χ4v) is 1.10. The summed E-state index contributed by atoms with van der Waals surface area (Å²) in [5, 5.41) is 3.06. The summed E-state index contributed by atoms with van der Waals surface area (Å²) in [5.74, 6) is -0.108. The molecule has 0 bridgehead atoms. The highest BCUT2D eigenvalue weighted by Gasteiger charge is 2.54. The van der Waals surface area contributed by atoms with Gasteiger partial charge in [0.1, 0.15) is 5.54 Å². The van der Waals surface area contributed by atoms with Gasteiger partial charge in [0, 0.05) is 6.04 Å². The Labute approximate surface area is 73.5 Å². The molecule has 0 aromatic rings. The molecule has 0 radical (unpaired) electrons. The molecule has 3 nitrogen and oxygen atoms in total. The summed E-state index contributed by atoms with van der Waals surface area (Å²) in [6.45, 7) is 6.50. The highest BCUT2D eigenvalue weighted by Crippen LogP contribution is 2.26. The van der Waals surface area contributed by atoms with E-state index in [4.69, 9.17) is 4.74 Å². The lowest BCUT2D eigenvalue weighted by atomic mass is 10.1. The molecule has 1 rings (SSSR count). The Hall–Kier alpha value is -0.570. The van der Waals surface area contributed by atoms with Gasteiger partial charge in [-0.2, -0.15) is 0 Å². The van der Waals surface area contributed by atoms with Crippen LogP contribution in [-0.2, 0) is 9.53 Å². The minimum absolute atomic E-state index is 0.108. The Morgan fingerprint density at radius 2 is 2.25 bits per heavy atom. The highest BCUT2D eigenvalue weighted by atomic mass is 16.5. The van der Waals surface area contributed by atoms with Gasteiger partial charge in [-0.1, -0.05) is 13.3 Å². The second-order valence-electron chi connectivity index (χ2n) is 3.56. The number of esters is 1. The van der Waals surface area contributed by atoms with E-state index in [2.05, 4.69) is 12.2 Å². The smallest absolute Gasteiger partial charge is 0.327 e. The van der Waals surface area contributed by atoms with E-state index in [1.165, 1.54) is 0 Å². The zero-order valence-corrected chi connectivity index (χ0v) is 8.02. The number of hydrogen-bond acceptors (Lipinski definition) is 3. The minimum atomic E-state index is -0.395. The first-order chi connectivity index (χ1) is 5.61. The van der Waals surface area contributed by atoms with Crippen LogP contribution in [0, 0.1) is 0 Å². The summed E-state index contributed by atoms with van der Waals surface area (Å²) >= 11 is 0. The fourth-order valence-electron chi connectivity index (χ4n) is 1.10. The van der Waals surface area contributed by atoms with E-state index in [1.807, 2.05) is 13.8 Å². The van der Waals surface area contributed by atoms with E-state index >= 15 is 0 Å². The molecule has 0 aromatic carbocycles. The van der Waals surface area contributed by atoms with Gasteiger partial charge in [-0.15, -0.1) is 0 Å². The monoisotopic (exact) mass is 171 g/mol. The largest absolute Gasteiger partial charge is 0.464 e. The molecule has 0 aromatic heterocycles. The van der Waals surface area contributed by atoms with Crippen molar-refractivity contribution in [3.8, 4) is 0 Å². The lowest BCUT2D eigenvalue weighted by Gasteiger charge is -2.07. The predicted molar refractivity (Wildman–Crippen MR) is 46.9 cm³/mol. The first-order valence-corrected chi connectivity index (χ1v) is 4.56. The summed E-state index contributed by atoms with van der Waals surface area (Å²) in [5.41, 5.74) is -0.395. The van der Waals surface area contributed by atoms with Gasteiger partial charge in [-0.3, -0.25) is 5.32 Å². The van der Waals surface area contributed by atoms with Gasteiger partial charge in [-0.25, -0.2) is 4.79 Å². The van der Waals surface area contributed by atoms with Crippen LogP contribution in [0.15, 0.2) is 0 Å². The SMILES string of the molecule is CCCCOC(=O)C1(C)NC1C. The van der Waals surface area contributed by atoms with Crippen molar-refractivity contribution in [2.24, 2.45) is 0 Å². The van der Waals surface area contributed by atoms with Crippen molar-refractivity contribution in [1.82, 2.24) is 5.32 Å². The molecule has 0 aliphatic carbocycles. The van der Waals surface area contributed by atoms with Gasteiger partial charge in [-0.05, 0) is 20.3 Å². The molecule has 1 aliphatic heterocycles. The Balaban J connectivity index is 2.21. The standard InChI is InChI=1S/C9H17NO2/c1-4-5-6-12-8(11)9(3)7(2)10-9/h7,10H,4-6H2,1-3H3. The number of ether oxygens (including phenoxy) is 1. The average molecular weight is 171 g/mol. The van der Waals surface area contributed by atoms with Crippen molar-refractivity contribution < 1.29 is 9.53 Å². The Bertz CT molecular complexity index is 181. The van der Waals surface area contributed by atoms with Crippen LogP contribution in [-0.4, -0.2) is 24.2 Å². The number of nitrogens with one attached hydrogen (secondary N) is 1. The molecule has 1 heterocycles. The molecule has 2 unspecified atom stereocenters. The van der Waals surface area contributed by atoms with Crippen LogP contribution < -0.4 is 5.32 Å². The van der Waals surface area contributed by atoms with E-state index in [1.54, 1.807) is 0 Å². The molecule has 1 fully saturated rings. The Morgan fingerprint density at radius 3 is 2.67 bits per heavy atom. The van der Waals surface area contributed by atoms with E-state index in [-0.39, 0.29) is 12.0 Å². The molecule has 70 valence electrons. The van der Waals surface area contributed by atoms with Crippen LogP contribution in [0.3, 0.4) is 0 Å². The van der Waals surface area contributed by atoms with Gasteiger partial charge < -0.3 is 4.74 Å². The van der Waals surface area contributed by atoms with Gasteiger partial charge in [0.25, 0.3) is 0 Å². The van der Waals surface area contributed by atoms with Crippen LogP contribution in [0.1, 0.15) is 33.6 Å². The van der Waals surface area contributed by atoms with Gasteiger partial charge in [0.05, 0.1) is 6.61 Å². The molecule has 0 saturated carbocycles. The van der Waals surface area contributed by atoms with Crippen molar-refractivity contribution in [1.29, 1.82) is 0 Å². The lowest BCUT2D eigenvalue weighted by molar-refractivity contribution is -0.146. The molecule has 1 saturated heterocycles. The first kappa shape index (κ1) is 9.52. The van der Waals surface area contributed by atoms with Crippen molar-refractivity contribution >= 4 is 5.97 Å². The van der Waals surface area contributed by atoms with E-state index in [0.717, 1.165) is 12.8 Å². The quantitative estimate of drug-likeness (QED) is 0.391. The summed E-state index contributed by atoms with van der Waals surface area (Å²) in [4.78, 5) is 11.3. The topological polar surface area (TPSA) is 48.2 Å². The van der Waals surface area contributed by atoms with Gasteiger partial charge in [0.15, 0.2) is 0 Å². The van der Waals surface area contributed by atoms with Crippen molar-refractivity contribution in [3.05, 3.63) is 0 Å². The molecule has 0 spiro atoms. The van der Waals surface area contributed by atoms with Crippen LogP contribution in [0.25, 0.3) is 0 Å². The first-order valence-electron chi connectivity index (χ1n) is 4.56. The van der Waals surface area contributed by atoms with Gasteiger partial charge >= 0.3 is 5.97 Å². The maximum atomic E-state index is 11.3. The average Bonchev–Trinajstić information content (AvgIpc) is 2.62. The zero-order chi connectivity index (χ0) is 9.19. The summed E-state index contributed by atoms with van der Waals surface area (Å²) in [6.07, 6.45) is 2.02. The maximum Gasteiger partial charge on any atom is 0.327 e. The number of hydrogen-bond donors (Lipinski definition) is 1. The number of carbonyl (C=O) groups excluding carboxylic acids is 1. The molecule has 12 heavy (non-hydrogen) atoms. The zero-order valence-electron chi connectivity index (χ0n) is 8.02. The Kier molecular flexibility index (Phi) is 2.73. The predicted octanol–water partition coefficient (Wildman–Crippen LogP) is 1.08. The maximum absolute atomic E-state index is 11.3. The third kappa shape index (κ3) is 1.78. The van der Waals surface area contributed by atoms with Crippen molar-refractivity contribution in [2.75, 3.05) is 6.61 Å². The third-order valence-electron chi connectivity index (χ3n) is 2.45. The fraction of sp³-hybridized carbons (Fsp3) is 0.889. The summed E-state index contributed by atoms with van der Waals surface area (Å²) < 4.78 is 5.08. The molecule has 3 heteroatoms. The third-order valence-corrected chi connectivity index (χ3v) is 2.45. The van der Waals surface area contributed by atoms with E-state index in [9.17, 15) is 4.79 Å². The number of unbranched alkanes of at least 4 members (excludes halogenated alkanes) is 1. The van der Waals surface area contributed by atoms with Crippen molar-refractivity contribution in [2.45, 2.75) is 45.2 Å². The number of carbonyl (C=O) groups is 1. The second kappa shape index (κ2) is 3.44. The van der Waals surface area contributed by atoms with Crippen LogP contribution in [0.2, 0.25) is 0 Å². The molecule has 1 aliphatic rings. The van der Waals surface area contributed by atoms with Crippen LogP contribution in [0.4, 0.5) is 0 Å². The molecular formula is C9H17NO2. The summed E-state index contributed by atoms with van der Waals surface area (Å²) in [6, 6.07) is 0.270. The van der Waals surface area contributed by atoms with Gasteiger partial charge in [0.2, 0.25) is 0 Å². The van der Waals surface area contributed by atoms with E-state index < -0.39 is 5.54 Å². The molecule has 0 amide bonds. The number of rotatable bonds is 4. The van der Waals surface area contributed by atoms with Crippen LogP contribution >= 0.6 is 0 Å². The molecular weight excluding hydrogens is 154 g/mol. The van der Waals surface area contributed by atoms with Crippen molar-refractivity contribution in [3.63, 3.8) is 0 Å². The second-order valence-corrected chi connectivity index (χ2v) is 3.56. The van der Waals surface area contributed by atoms with E-state index in [0.29, 0.717) is 6.61 Å². The lowest BCUT2D eigenvalue weighted by Crippen LogP contribution is -2.27. The summed E-state index contributed by atoms with van der Waals surface area (Å²) in [7, 11) is 0. The Morgan fingerprint density at radius 1 is 1.67 bits per heavy atom. The molecule has 2 atom stereocenters. The highest BCUT2D eigenvalue weighted by molar-refractivity contribution is 5.85.